The van der Waals surface area contributed by atoms with E-state index >= 15 is 0 Å². The van der Waals surface area contributed by atoms with Crippen molar-refractivity contribution >= 4 is 5.97 Å². The van der Waals surface area contributed by atoms with Gasteiger partial charge in [-0.05, 0) is 23.6 Å². The van der Waals surface area contributed by atoms with Crippen LogP contribution in [0.15, 0.2) is 42.5 Å². The van der Waals surface area contributed by atoms with Gasteiger partial charge in [-0.2, -0.15) is 0 Å². The zero-order valence-corrected chi connectivity index (χ0v) is 19.6. The Bertz CT molecular complexity index is 1070. The molecule has 1 N–H and O–H groups in total. The molecule has 4 saturated heterocycles. The maximum Gasteiger partial charge on any atom is 0.344 e. The summed E-state index contributed by atoms with van der Waals surface area (Å²) in [5.74, 6) is 1.11. The first-order chi connectivity index (χ1) is 15.9. The van der Waals surface area contributed by atoms with Crippen molar-refractivity contribution in [2.45, 2.75) is 32.3 Å². The van der Waals surface area contributed by atoms with Crippen molar-refractivity contribution in [1.82, 2.24) is 15.1 Å². The molecule has 0 amide bonds. The summed E-state index contributed by atoms with van der Waals surface area (Å²) in [5.41, 5.74) is 3.05. The first-order valence-electron chi connectivity index (χ1n) is 11.6. The number of methoxy groups -OCH3 is 2. The number of ether oxygens (including phenoxy) is 3. The van der Waals surface area contributed by atoms with Gasteiger partial charge in [0.05, 0.1) is 14.2 Å². The highest BCUT2D eigenvalue weighted by molar-refractivity contribution is 5.98. The molecule has 4 bridgehead atoms. The fraction of sp³-hybridized carbons (Fsp3) is 0.500. The van der Waals surface area contributed by atoms with Crippen LogP contribution in [0.5, 0.6) is 11.5 Å². The number of rotatable bonds is 5. The average Bonchev–Trinajstić information content (AvgIpc) is 3.10. The lowest BCUT2D eigenvalue weighted by molar-refractivity contribution is -0.221. The Morgan fingerprint density at radius 3 is 2.15 bits per heavy atom. The SMILES string of the molecule is COc1ccc2c(c1OC)C(=O)OC2NC1N2CC3(C)CN1CC(C)(C2)C3c1ccccc1. The molecule has 5 aliphatic rings. The molecule has 5 aliphatic heterocycles. The Kier molecular flexibility index (Phi) is 4.57. The molecule has 2 aromatic carbocycles. The summed E-state index contributed by atoms with van der Waals surface area (Å²) in [7, 11) is 3.12. The molecule has 1 atom stereocenters. The van der Waals surface area contributed by atoms with E-state index < -0.39 is 6.23 Å². The van der Waals surface area contributed by atoms with Crippen molar-refractivity contribution in [3.05, 3.63) is 59.2 Å². The minimum absolute atomic E-state index is 0.0275. The van der Waals surface area contributed by atoms with Crippen LogP contribution in [0.4, 0.5) is 0 Å². The molecule has 0 spiro atoms. The lowest BCUT2D eigenvalue weighted by Gasteiger charge is -2.69. The smallest absolute Gasteiger partial charge is 0.344 e. The summed E-state index contributed by atoms with van der Waals surface area (Å²) in [4.78, 5) is 17.8. The molecule has 33 heavy (non-hydrogen) atoms. The molecule has 2 aromatic rings. The average molecular weight is 450 g/mol. The Morgan fingerprint density at radius 1 is 0.939 bits per heavy atom. The van der Waals surface area contributed by atoms with E-state index in [0.717, 1.165) is 31.7 Å². The highest BCUT2D eigenvalue weighted by Crippen LogP contribution is 2.59. The summed E-state index contributed by atoms with van der Waals surface area (Å²) in [6.07, 6.45) is -0.486. The molecule has 5 heterocycles. The fourth-order valence-electron chi connectivity index (χ4n) is 7.37. The second-order valence-electron chi connectivity index (χ2n) is 10.6. The maximum atomic E-state index is 12.7. The number of carbonyl (C=O) groups excluding carboxylic acids is 1. The number of cyclic esters (lactones) is 1. The van der Waals surface area contributed by atoms with Gasteiger partial charge >= 0.3 is 5.97 Å². The van der Waals surface area contributed by atoms with Crippen molar-refractivity contribution in [2.24, 2.45) is 10.8 Å². The molecule has 7 nitrogen and oxygen atoms in total. The molecular weight excluding hydrogens is 418 g/mol. The van der Waals surface area contributed by atoms with Crippen molar-refractivity contribution < 1.29 is 19.0 Å². The third kappa shape index (κ3) is 2.95. The standard InChI is InChI=1S/C26H31N3O4/c1-25-12-28-14-26(2,21(25)16-8-6-5-7-9-16)15-29(13-25)24(28)27-22-17-10-11-18(31-3)20(32-4)19(17)23(30)33-22/h5-11,21-22,24,27H,12-15H2,1-4H3. The first-order valence-corrected chi connectivity index (χ1v) is 11.6. The first kappa shape index (κ1) is 21.0. The number of nitrogens with one attached hydrogen (secondary N) is 1. The normalized spacial score (nSPS) is 38.2. The van der Waals surface area contributed by atoms with Crippen molar-refractivity contribution in [3.63, 3.8) is 0 Å². The van der Waals surface area contributed by atoms with Crippen LogP contribution < -0.4 is 14.8 Å². The Labute approximate surface area is 194 Å². The Balaban J connectivity index is 1.28. The van der Waals surface area contributed by atoms with E-state index in [0.29, 0.717) is 23.0 Å². The highest BCUT2D eigenvalue weighted by atomic mass is 16.6. The van der Waals surface area contributed by atoms with E-state index in [1.54, 1.807) is 14.2 Å². The summed E-state index contributed by atoms with van der Waals surface area (Å²) in [6, 6.07) is 14.7. The van der Waals surface area contributed by atoms with Gasteiger partial charge in [0.1, 0.15) is 11.9 Å². The molecule has 0 aromatic heterocycles. The van der Waals surface area contributed by atoms with Crippen LogP contribution in [0.25, 0.3) is 0 Å². The zero-order valence-electron chi connectivity index (χ0n) is 19.6. The van der Waals surface area contributed by atoms with Gasteiger partial charge in [-0.3, -0.25) is 9.80 Å². The van der Waals surface area contributed by atoms with E-state index in [1.165, 1.54) is 5.56 Å². The number of fused-ring (bicyclic) bond motifs is 1. The quantitative estimate of drug-likeness (QED) is 0.704. The van der Waals surface area contributed by atoms with Crippen molar-refractivity contribution in [1.29, 1.82) is 0 Å². The molecule has 7 heteroatoms. The number of hydrogen-bond donors (Lipinski definition) is 1. The predicted octanol–water partition coefficient (Wildman–Crippen LogP) is 3.19. The molecule has 0 radical (unpaired) electrons. The van der Waals surface area contributed by atoms with Crippen LogP contribution in [-0.2, 0) is 4.74 Å². The second kappa shape index (κ2) is 7.19. The largest absolute Gasteiger partial charge is 0.493 e. The van der Waals surface area contributed by atoms with Gasteiger partial charge in [-0.15, -0.1) is 0 Å². The van der Waals surface area contributed by atoms with Crippen LogP contribution in [0.3, 0.4) is 0 Å². The minimum Gasteiger partial charge on any atom is -0.493 e. The Morgan fingerprint density at radius 2 is 1.58 bits per heavy atom. The van der Waals surface area contributed by atoms with Crippen molar-refractivity contribution in [2.75, 3.05) is 40.4 Å². The number of carbonyl (C=O) groups is 1. The number of nitrogens with zero attached hydrogens (tertiary/aromatic N) is 2. The van der Waals surface area contributed by atoms with Crippen LogP contribution in [0, 0.1) is 10.8 Å². The molecule has 1 unspecified atom stereocenters. The van der Waals surface area contributed by atoms with Gasteiger partial charge in [-0.25, -0.2) is 10.1 Å². The molecule has 7 rings (SSSR count). The molecule has 174 valence electrons. The maximum absolute atomic E-state index is 12.7. The van der Waals surface area contributed by atoms with Crippen LogP contribution in [0.1, 0.15) is 47.5 Å². The minimum atomic E-state index is -0.514. The van der Waals surface area contributed by atoms with Crippen LogP contribution in [-0.4, -0.2) is 62.5 Å². The van der Waals surface area contributed by atoms with E-state index in [-0.39, 0.29) is 23.1 Å². The topological polar surface area (TPSA) is 63.3 Å². The second-order valence-corrected chi connectivity index (χ2v) is 10.6. The van der Waals surface area contributed by atoms with Gasteiger partial charge < -0.3 is 14.2 Å². The summed E-state index contributed by atoms with van der Waals surface area (Å²) >= 11 is 0. The molecule has 4 fully saturated rings. The number of hydrogen-bond acceptors (Lipinski definition) is 7. The van der Waals surface area contributed by atoms with E-state index in [9.17, 15) is 4.79 Å². The highest BCUT2D eigenvalue weighted by Gasteiger charge is 2.62. The van der Waals surface area contributed by atoms with Crippen LogP contribution in [0.2, 0.25) is 0 Å². The number of piperidine rings is 2. The zero-order chi connectivity index (χ0) is 23.0. The Hall–Kier alpha value is -2.61. The summed E-state index contributed by atoms with van der Waals surface area (Å²) in [6.45, 7) is 8.90. The van der Waals surface area contributed by atoms with E-state index in [2.05, 4.69) is 59.3 Å². The third-order valence-corrected chi connectivity index (χ3v) is 8.07. The van der Waals surface area contributed by atoms with Gasteiger partial charge in [0.25, 0.3) is 0 Å². The fourth-order valence-corrected chi connectivity index (χ4v) is 7.37. The van der Waals surface area contributed by atoms with E-state index in [4.69, 9.17) is 14.2 Å². The molecule has 0 saturated carbocycles. The lowest BCUT2D eigenvalue weighted by atomic mass is 9.53. The molecular formula is C26H31N3O4. The van der Waals surface area contributed by atoms with Crippen LogP contribution >= 0.6 is 0 Å². The monoisotopic (exact) mass is 449 g/mol. The predicted molar refractivity (Wildman–Crippen MR) is 123 cm³/mol. The number of esters is 1. The number of benzene rings is 2. The summed E-state index contributed by atoms with van der Waals surface area (Å²) < 4.78 is 16.6. The van der Waals surface area contributed by atoms with Gasteiger partial charge in [0.2, 0.25) is 0 Å². The summed E-state index contributed by atoms with van der Waals surface area (Å²) in [5, 5.41) is 3.64. The third-order valence-electron chi connectivity index (χ3n) is 8.07. The van der Waals surface area contributed by atoms with Gasteiger partial charge in [-0.1, -0.05) is 44.2 Å². The lowest BCUT2D eigenvalue weighted by Crippen LogP contribution is -2.79. The van der Waals surface area contributed by atoms with Gasteiger partial charge in [0, 0.05) is 42.6 Å². The molecule has 0 aliphatic carbocycles. The van der Waals surface area contributed by atoms with E-state index in [1.807, 2.05) is 12.1 Å². The van der Waals surface area contributed by atoms with Gasteiger partial charge in [0.15, 0.2) is 17.7 Å². The van der Waals surface area contributed by atoms with Crippen molar-refractivity contribution in [3.8, 4) is 11.5 Å².